The quantitative estimate of drug-likeness (QED) is 0.512. The predicted molar refractivity (Wildman–Crippen MR) is 116 cm³/mol. The summed E-state index contributed by atoms with van der Waals surface area (Å²) >= 11 is 7.42. The minimum Gasteiger partial charge on any atom is -0.322 e. The fourth-order valence-electron chi connectivity index (χ4n) is 3.29. The normalized spacial score (nSPS) is 17.9. The van der Waals surface area contributed by atoms with Crippen molar-refractivity contribution in [3.63, 3.8) is 0 Å². The molecule has 3 N–H and O–H groups in total. The minimum atomic E-state index is -3.52. The summed E-state index contributed by atoms with van der Waals surface area (Å²) in [5.74, 6) is 2.03. The number of nitrogens with one attached hydrogen (secondary N) is 3. The number of H-pyrrole nitrogens is 1. The number of thiophene rings is 1. The number of aromatic nitrogens is 4. The summed E-state index contributed by atoms with van der Waals surface area (Å²) < 4.78 is 27.5. The van der Waals surface area contributed by atoms with Gasteiger partial charge < -0.3 is 10.6 Å². The van der Waals surface area contributed by atoms with Crippen molar-refractivity contribution >= 4 is 44.6 Å². The van der Waals surface area contributed by atoms with Crippen LogP contribution in [0.1, 0.15) is 24.5 Å². The fourth-order valence-corrected chi connectivity index (χ4v) is 6.27. The van der Waals surface area contributed by atoms with Crippen LogP contribution in [0.3, 0.4) is 0 Å². The van der Waals surface area contributed by atoms with Gasteiger partial charge in [0, 0.05) is 43.9 Å². The molecule has 1 saturated carbocycles. The number of sulfonamides is 1. The average molecular weight is 466 g/mol. The van der Waals surface area contributed by atoms with E-state index in [2.05, 4.69) is 30.8 Å². The zero-order chi connectivity index (χ0) is 20.7. The molecule has 2 fully saturated rings. The molecule has 0 spiro atoms. The number of hydrogen-bond donors (Lipinski definition) is 3. The number of aromatic amines is 1. The van der Waals surface area contributed by atoms with Gasteiger partial charge in [-0.3, -0.25) is 5.10 Å². The van der Waals surface area contributed by atoms with E-state index in [9.17, 15) is 8.42 Å². The van der Waals surface area contributed by atoms with E-state index in [4.69, 9.17) is 11.6 Å². The van der Waals surface area contributed by atoms with E-state index in [1.54, 1.807) is 12.1 Å². The van der Waals surface area contributed by atoms with Crippen molar-refractivity contribution in [1.82, 2.24) is 29.8 Å². The van der Waals surface area contributed by atoms with Gasteiger partial charge >= 0.3 is 0 Å². The molecule has 1 saturated heterocycles. The van der Waals surface area contributed by atoms with Crippen molar-refractivity contribution in [2.45, 2.75) is 23.0 Å². The van der Waals surface area contributed by atoms with Crippen LogP contribution in [0, 0.1) is 0 Å². The molecule has 1 aliphatic carbocycles. The van der Waals surface area contributed by atoms with E-state index in [0.29, 0.717) is 59.5 Å². The number of hydrogen-bond acceptors (Lipinski definition) is 8. The smallest absolute Gasteiger partial charge is 0.252 e. The van der Waals surface area contributed by atoms with Crippen molar-refractivity contribution in [2.75, 3.05) is 31.5 Å². The van der Waals surface area contributed by atoms with Crippen molar-refractivity contribution in [3.8, 4) is 10.7 Å². The first-order chi connectivity index (χ1) is 14.5. The first kappa shape index (κ1) is 19.9. The highest BCUT2D eigenvalue weighted by Gasteiger charge is 2.28. The Morgan fingerprint density at radius 3 is 2.80 bits per heavy atom. The number of anilines is 2. The highest BCUT2D eigenvalue weighted by molar-refractivity contribution is 7.91. The summed E-state index contributed by atoms with van der Waals surface area (Å²) in [5, 5.41) is 13.9. The van der Waals surface area contributed by atoms with Gasteiger partial charge in [-0.2, -0.15) is 9.40 Å². The molecular weight excluding hydrogens is 446 g/mol. The summed E-state index contributed by atoms with van der Waals surface area (Å²) in [4.78, 5) is 9.44. The molecule has 5 rings (SSSR count). The van der Waals surface area contributed by atoms with Gasteiger partial charge in [-0.05, 0) is 25.0 Å². The molecule has 9 nitrogen and oxygen atoms in total. The van der Waals surface area contributed by atoms with Crippen LogP contribution < -0.4 is 10.6 Å². The maximum atomic E-state index is 12.9. The maximum absolute atomic E-state index is 12.9. The van der Waals surface area contributed by atoms with E-state index in [-0.39, 0.29) is 4.21 Å². The van der Waals surface area contributed by atoms with E-state index < -0.39 is 10.0 Å². The van der Waals surface area contributed by atoms with Crippen molar-refractivity contribution in [1.29, 1.82) is 0 Å². The largest absolute Gasteiger partial charge is 0.322 e. The standard InChI is InChI=1S/C18H20ClN7O2S2/c19-12-10-21-18(23-17(12)22-15-9-13(24-25-15)11-1-2-11)14-3-4-16(29-14)30(27,28)26-7-5-20-6-8-26/h3-4,9-11,20H,1-2,5-8H2,(H2,21,22,23,24,25). The van der Waals surface area contributed by atoms with Crippen LogP contribution in [0.4, 0.5) is 11.6 Å². The molecular formula is C18H20ClN7O2S2. The predicted octanol–water partition coefficient (Wildman–Crippen LogP) is 2.80. The molecule has 3 aromatic rings. The first-order valence-corrected chi connectivity index (χ1v) is 12.3. The van der Waals surface area contributed by atoms with Crippen molar-refractivity contribution in [2.24, 2.45) is 0 Å². The Morgan fingerprint density at radius 2 is 2.03 bits per heavy atom. The molecule has 0 bridgehead atoms. The topological polar surface area (TPSA) is 116 Å². The lowest BCUT2D eigenvalue weighted by Crippen LogP contribution is -2.46. The van der Waals surface area contributed by atoms with E-state index in [0.717, 1.165) is 17.0 Å². The lowest BCUT2D eigenvalue weighted by Gasteiger charge is -2.25. The van der Waals surface area contributed by atoms with Crippen LogP contribution in [0.15, 0.2) is 28.6 Å². The Hall–Kier alpha value is -2.05. The van der Waals surface area contributed by atoms with E-state index in [1.165, 1.54) is 23.3 Å². The van der Waals surface area contributed by atoms with Gasteiger partial charge in [0.1, 0.15) is 9.23 Å². The van der Waals surface area contributed by atoms with Gasteiger partial charge in [-0.25, -0.2) is 18.4 Å². The highest BCUT2D eigenvalue weighted by Crippen LogP contribution is 2.40. The van der Waals surface area contributed by atoms with Crippen LogP contribution in [-0.2, 0) is 10.0 Å². The number of piperazine rings is 1. The number of rotatable bonds is 6. The van der Waals surface area contributed by atoms with Gasteiger partial charge in [-0.1, -0.05) is 11.6 Å². The fraction of sp³-hybridized carbons (Fsp3) is 0.389. The zero-order valence-corrected chi connectivity index (χ0v) is 18.3. The number of nitrogens with zero attached hydrogens (tertiary/aromatic N) is 4. The first-order valence-electron chi connectivity index (χ1n) is 9.66. The summed E-state index contributed by atoms with van der Waals surface area (Å²) in [6.45, 7) is 2.24. The molecule has 2 aliphatic rings. The van der Waals surface area contributed by atoms with Gasteiger partial charge in [-0.15, -0.1) is 11.3 Å². The maximum Gasteiger partial charge on any atom is 0.252 e. The minimum absolute atomic E-state index is 0.286. The molecule has 3 aromatic heterocycles. The van der Waals surface area contributed by atoms with Crippen LogP contribution in [0.2, 0.25) is 5.02 Å². The van der Waals surface area contributed by atoms with Gasteiger partial charge in [0.2, 0.25) is 0 Å². The third-order valence-corrected chi connectivity index (χ3v) is 8.80. The molecule has 12 heteroatoms. The molecule has 0 unspecified atom stereocenters. The van der Waals surface area contributed by atoms with Gasteiger partial charge in [0.05, 0.1) is 11.1 Å². The summed E-state index contributed by atoms with van der Waals surface area (Å²) in [7, 11) is -3.52. The van der Waals surface area contributed by atoms with Crippen LogP contribution in [0.5, 0.6) is 0 Å². The molecule has 0 atom stereocenters. The van der Waals surface area contributed by atoms with Gasteiger partial charge in [0.25, 0.3) is 10.0 Å². The third-order valence-electron chi connectivity index (χ3n) is 5.08. The van der Waals surface area contributed by atoms with Crippen LogP contribution in [-0.4, -0.2) is 59.1 Å². The Balaban J connectivity index is 1.38. The molecule has 4 heterocycles. The summed E-state index contributed by atoms with van der Waals surface area (Å²) in [6, 6.07) is 5.30. The molecule has 0 radical (unpaired) electrons. The molecule has 158 valence electrons. The van der Waals surface area contributed by atoms with Crippen LogP contribution in [0.25, 0.3) is 10.7 Å². The Morgan fingerprint density at radius 1 is 1.23 bits per heavy atom. The lowest BCUT2D eigenvalue weighted by molar-refractivity contribution is 0.361. The van der Waals surface area contributed by atoms with E-state index >= 15 is 0 Å². The molecule has 0 amide bonds. The molecule has 0 aromatic carbocycles. The van der Waals surface area contributed by atoms with Crippen LogP contribution >= 0.6 is 22.9 Å². The SMILES string of the molecule is O=S(=O)(c1ccc(-c2ncc(Cl)c(Nc3cc(C4CC4)[nH]n3)n2)s1)N1CCNCC1. The molecule has 30 heavy (non-hydrogen) atoms. The van der Waals surface area contributed by atoms with Crippen molar-refractivity contribution < 1.29 is 8.42 Å². The van der Waals surface area contributed by atoms with Crippen molar-refractivity contribution in [3.05, 3.63) is 35.1 Å². The molecule has 1 aliphatic heterocycles. The second-order valence-corrected chi connectivity index (χ2v) is 10.9. The second-order valence-electron chi connectivity index (χ2n) is 7.27. The summed E-state index contributed by atoms with van der Waals surface area (Å²) in [6.07, 6.45) is 3.86. The Labute approximate surface area is 182 Å². The Kier molecular flexibility index (Phi) is 5.23. The third kappa shape index (κ3) is 3.95. The monoisotopic (exact) mass is 465 g/mol. The summed E-state index contributed by atoms with van der Waals surface area (Å²) in [5.41, 5.74) is 1.10. The average Bonchev–Trinajstić information content (AvgIpc) is 3.29. The van der Waals surface area contributed by atoms with Gasteiger partial charge in [0.15, 0.2) is 17.5 Å². The highest BCUT2D eigenvalue weighted by atomic mass is 35.5. The zero-order valence-electron chi connectivity index (χ0n) is 15.9. The lowest BCUT2D eigenvalue weighted by atomic mass is 10.3. The van der Waals surface area contributed by atoms with E-state index in [1.807, 2.05) is 6.07 Å². The Bertz CT molecular complexity index is 1170. The number of halogens is 1. The second kappa shape index (κ2) is 7.89.